The fourth-order valence-electron chi connectivity index (χ4n) is 2.62. The quantitative estimate of drug-likeness (QED) is 0.873. The van der Waals surface area contributed by atoms with Gasteiger partial charge in [0, 0.05) is 19.6 Å². The molecule has 0 aromatic heterocycles. The van der Waals surface area contributed by atoms with E-state index in [0.29, 0.717) is 13.0 Å². The molecular weight excluding hydrogens is 307 g/mol. The van der Waals surface area contributed by atoms with Gasteiger partial charge in [0.1, 0.15) is 5.82 Å². The van der Waals surface area contributed by atoms with Crippen LogP contribution < -0.4 is 5.32 Å². The number of carbonyl (C=O) groups is 1. The second-order valence-electron chi connectivity index (χ2n) is 5.43. The monoisotopic (exact) mass is 328 g/mol. The number of morpholine rings is 1. The number of ether oxygens (including phenoxy) is 1. The van der Waals surface area contributed by atoms with Gasteiger partial charge < -0.3 is 10.1 Å². The number of rotatable bonds is 6. The van der Waals surface area contributed by atoms with Gasteiger partial charge in [0.25, 0.3) is 5.91 Å². The van der Waals surface area contributed by atoms with Gasteiger partial charge in [-0.3, -0.25) is 9.69 Å². The van der Waals surface area contributed by atoms with Crippen LogP contribution in [0.4, 0.5) is 4.39 Å². The molecule has 122 valence electrons. The minimum atomic E-state index is -0.604. The summed E-state index contributed by atoms with van der Waals surface area (Å²) in [4.78, 5) is 14.4. The molecule has 1 heterocycles. The smallest absolute Gasteiger partial charge is 0.255 e. The Kier molecular flexibility index (Phi) is 6.61. The number of hydrogen-bond acceptors (Lipinski definition) is 3. The van der Waals surface area contributed by atoms with Gasteiger partial charge in [0.05, 0.1) is 23.3 Å². The van der Waals surface area contributed by atoms with Crippen LogP contribution in [0.25, 0.3) is 0 Å². The topological polar surface area (TPSA) is 41.6 Å². The largest absolute Gasteiger partial charge is 0.375 e. The maximum absolute atomic E-state index is 13.6. The third-order valence-electron chi connectivity index (χ3n) is 3.70. The molecule has 1 aromatic carbocycles. The molecule has 1 N–H and O–H groups in total. The first-order valence-electron chi connectivity index (χ1n) is 7.68. The van der Waals surface area contributed by atoms with E-state index in [-0.39, 0.29) is 16.7 Å². The van der Waals surface area contributed by atoms with E-state index in [1.807, 2.05) is 0 Å². The molecule has 0 bridgehead atoms. The molecular formula is C16H22ClFN2O2. The molecule has 0 saturated carbocycles. The number of benzene rings is 1. The molecule has 1 aromatic rings. The molecule has 1 amide bonds. The highest BCUT2D eigenvalue weighted by Crippen LogP contribution is 2.18. The average Bonchev–Trinajstić information content (AvgIpc) is 2.48. The predicted octanol–water partition coefficient (Wildman–Crippen LogP) is 2.71. The van der Waals surface area contributed by atoms with E-state index in [4.69, 9.17) is 16.3 Å². The summed E-state index contributed by atoms with van der Waals surface area (Å²) in [5.74, 6) is -1.09. The lowest BCUT2D eigenvalue weighted by molar-refractivity contribution is -0.0312. The number of nitrogens with one attached hydrogen (secondary N) is 1. The third kappa shape index (κ3) is 4.66. The lowest BCUT2D eigenvalue weighted by atomic mass is 10.1. The standard InChI is InChI=1S/C16H22ClFN2O2/c1-2-8-20-9-10-22-12(11-20)6-7-19-16(21)15-13(17)4-3-5-14(15)18/h3-5,12H,2,6-11H2,1H3,(H,19,21). The van der Waals surface area contributed by atoms with Gasteiger partial charge >= 0.3 is 0 Å². The van der Waals surface area contributed by atoms with E-state index in [1.165, 1.54) is 18.2 Å². The van der Waals surface area contributed by atoms with Crippen molar-refractivity contribution in [2.24, 2.45) is 0 Å². The van der Waals surface area contributed by atoms with Gasteiger partial charge in [0.15, 0.2) is 0 Å². The summed E-state index contributed by atoms with van der Waals surface area (Å²) in [6.45, 7) is 6.22. The van der Waals surface area contributed by atoms with Crippen molar-refractivity contribution in [3.05, 3.63) is 34.6 Å². The molecule has 4 nitrogen and oxygen atoms in total. The van der Waals surface area contributed by atoms with Crippen molar-refractivity contribution >= 4 is 17.5 Å². The van der Waals surface area contributed by atoms with Gasteiger partial charge in [0.2, 0.25) is 0 Å². The highest BCUT2D eigenvalue weighted by molar-refractivity contribution is 6.33. The second kappa shape index (κ2) is 8.46. The Bertz CT molecular complexity index is 491. The fourth-order valence-corrected chi connectivity index (χ4v) is 2.87. The SMILES string of the molecule is CCCN1CCOC(CCNC(=O)c2c(F)cccc2Cl)C1. The number of amides is 1. The Balaban J connectivity index is 1.80. The molecule has 0 radical (unpaired) electrons. The number of nitrogens with zero attached hydrogens (tertiary/aromatic N) is 1. The molecule has 1 aliphatic rings. The van der Waals surface area contributed by atoms with E-state index in [2.05, 4.69) is 17.1 Å². The zero-order valence-electron chi connectivity index (χ0n) is 12.8. The van der Waals surface area contributed by atoms with Crippen LogP contribution in [0.1, 0.15) is 30.1 Å². The summed E-state index contributed by atoms with van der Waals surface area (Å²) in [5.41, 5.74) is -0.0960. The molecule has 2 rings (SSSR count). The first kappa shape index (κ1) is 17.2. The molecule has 22 heavy (non-hydrogen) atoms. The molecule has 1 atom stereocenters. The van der Waals surface area contributed by atoms with Crippen molar-refractivity contribution in [3.8, 4) is 0 Å². The van der Waals surface area contributed by atoms with E-state index in [9.17, 15) is 9.18 Å². The van der Waals surface area contributed by atoms with Crippen molar-refractivity contribution in [2.45, 2.75) is 25.9 Å². The maximum Gasteiger partial charge on any atom is 0.255 e. The highest BCUT2D eigenvalue weighted by atomic mass is 35.5. The van der Waals surface area contributed by atoms with Crippen LogP contribution in [-0.2, 0) is 4.74 Å². The summed E-state index contributed by atoms with van der Waals surface area (Å²) in [7, 11) is 0. The van der Waals surface area contributed by atoms with Gasteiger partial charge in [-0.1, -0.05) is 24.6 Å². The lowest BCUT2D eigenvalue weighted by Crippen LogP contribution is -2.44. The number of hydrogen-bond donors (Lipinski definition) is 1. The first-order valence-corrected chi connectivity index (χ1v) is 8.05. The summed E-state index contributed by atoms with van der Waals surface area (Å²) in [6, 6.07) is 4.21. The Morgan fingerprint density at radius 3 is 3.09 bits per heavy atom. The molecule has 1 unspecified atom stereocenters. The van der Waals surface area contributed by atoms with Gasteiger partial charge in [-0.15, -0.1) is 0 Å². The van der Waals surface area contributed by atoms with Crippen molar-refractivity contribution < 1.29 is 13.9 Å². The van der Waals surface area contributed by atoms with Crippen molar-refractivity contribution in [1.82, 2.24) is 10.2 Å². The van der Waals surface area contributed by atoms with Crippen LogP contribution in [0.5, 0.6) is 0 Å². The Morgan fingerprint density at radius 2 is 2.36 bits per heavy atom. The predicted molar refractivity (Wildman–Crippen MR) is 84.8 cm³/mol. The normalized spacial score (nSPS) is 19.1. The Hall–Kier alpha value is -1.17. The summed E-state index contributed by atoms with van der Waals surface area (Å²) in [5, 5.41) is 2.84. The molecule has 6 heteroatoms. The van der Waals surface area contributed by atoms with Crippen LogP contribution in [0.15, 0.2) is 18.2 Å². The zero-order valence-corrected chi connectivity index (χ0v) is 13.5. The summed E-state index contributed by atoms with van der Waals surface area (Å²) >= 11 is 5.87. The van der Waals surface area contributed by atoms with Crippen LogP contribution in [0.3, 0.4) is 0 Å². The second-order valence-corrected chi connectivity index (χ2v) is 5.84. The molecule has 1 fully saturated rings. The molecule has 1 saturated heterocycles. The lowest BCUT2D eigenvalue weighted by Gasteiger charge is -2.32. The molecule has 0 aliphatic carbocycles. The van der Waals surface area contributed by atoms with E-state index >= 15 is 0 Å². The van der Waals surface area contributed by atoms with E-state index < -0.39 is 11.7 Å². The van der Waals surface area contributed by atoms with Crippen molar-refractivity contribution in [1.29, 1.82) is 0 Å². The van der Waals surface area contributed by atoms with Gasteiger partial charge in [-0.2, -0.15) is 0 Å². The summed E-state index contributed by atoms with van der Waals surface area (Å²) in [6.07, 6.45) is 1.93. The van der Waals surface area contributed by atoms with Gasteiger partial charge in [-0.05, 0) is 31.5 Å². The summed E-state index contributed by atoms with van der Waals surface area (Å²) < 4.78 is 19.3. The van der Waals surface area contributed by atoms with Crippen molar-refractivity contribution in [2.75, 3.05) is 32.8 Å². The van der Waals surface area contributed by atoms with Crippen LogP contribution in [0.2, 0.25) is 5.02 Å². The van der Waals surface area contributed by atoms with Crippen LogP contribution in [-0.4, -0.2) is 49.7 Å². The Morgan fingerprint density at radius 1 is 1.55 bits per heavy atom. The molecule has 1 aliphatic heterocycles. The maximum atomic E-state index is 13.6. The fraction of sp³-hybridized carbons (Fsp3) is 0.562. The zero-order chi connectivity index (χ0) is 15.9. The minimum Gasteiger partial charge on any atom is -0.375 e. The van der Waals surface area contributed by atoms with Crippen molar-refractivity contribution in [3.63, 3.8) is 0 Å². The first-order chi connectivity index (χ1) is 10.6. The number of halogens is 2. The minimum absolute atomic E-state index is 0.0960. The molecule has 0 spiro atoms. The Labute approximate surface area is 135 Å². The van der Waals surface area contributed by atoms with E-state index in [0.717, 1.165) is 32.7 Å². The van der Waals surface area contributed by atoms with Gasteiger partial charge in [-0.25, -0.2) is 4.39 Å². The average molecular weight is 329 g/mol. The highest BCUT2D eigenvalue weighted by Gasteiger charge is 2.20. The number of carbonyl (C=O) groups excluding carboxylic acids is 1. The van der Waals surface area contributed by atoms with Crippen LogP contribution >= 0.6 is 11.6 Å². The van der Waals surface area contributed by atoms with E-state index in [1.54, 1.807) is 0 Å². The van der Waals surface area contributed by atoms with Crippen LogP contribution in [0, 0.1) is 5.82 Å². The third-order valence-corrected chi connectivity index (χ3v) is 4.02.